The number of anilines is 2. The standard InChI is InChI=1S/C27H38N4OS2.C13H10F3NO2S/c1-8-11-22(25-20-29-26(33-25)27(5,6)7)16-17-28-21(4)30-23-12-14-24(15-13-23)34(32)19-18-31(9-2)10-3;1-8-4-2-7-11(12(8)16)17-20(18,19)13-9(14)5-3-6-10(13)15/h11-20H,8-10H2,1-7H3,(H,28,30);2-7,17H,1H3/b17-16-,19-18+,22-11-;. The quantitative estimate of drug-likeness (QED) is 0.0793. The van der Waals surface area contributed by atoms with E-state index in [-0.39, 0.29) is 16.7 Å². The first-order valence-corrected chi connectivity index (χ1v) is 20.8. The average Bonchev–Trinajstić information content (AvgIpc) is 3.62. The molecule has 1 atom stereocenters. The van der Waals surface area contributed by atoms with E-state index < -0.39 is 43.2 Å². The van der Waals surface area contributed by atoms with Gasteiger partial charge >= 0.3 is 0 Å². The summed E-state index contributed by atoms with van der Waals surface area (Å²) in [5.41, 5.74) is 1.93. The number of hydrogen-bond donors (Lipinski definition) is 2. The molecule has 0 saturated heterocycles. The zero-order valence-corrected chi connectivity index (χ0v) is 34.2. The van der Waals surface area contributed by atoms with E-state index in [1.165, 1.54) is 25.1 Å². The Morgan fingerprint density at radius 1 is 0.981 bits per heavy atom. The number of benzene rings is 3. The minimum Gasteiger partial charge on any atom is -0.377 e. The van der Waals surface area contributed by atoms with E-state index in [9.17, 15) is 25.8 Å². The largest absolute Gasteiger partial charge is 0.377 e. The third-order valence-corrected chi connectivity index (χ3v) is 11.6. The van der Waals surface area contributed by atoms with Gasteiger partial charge in [0.25, 0.3) is 10.0 Å². The molecule has 1 aromatic heterocycles. The van der Waals surface area contributed by atoms with Crippen molar-refractivity contribution in [2.45, 2.75) is 77.0 Å². The summed E-state index contributed by atoms with van der Waals surface area (Å²) in [4.78, 5) is 12.0. The van der Waals surface area contributed by atoms with Crippen molar-refractivity contribution >= 4 is 54.9 Å². The molecule has 14 heteroatoms. The molecule has 0 aliphatic carbocycles. The van der Waals surface area contributed by atoms with Crippen LogP contribution >= 0.6 is 11.3 Å². The van der Waals surface area contributed by atoms with Crippen molar-refractivity contribution in [2.24, 2.45) is 4.99 Å². The van der Waals surface area contributed by atoms with Crippen LogP contribution in [0.25, 0.3) is 5.57 Å². The van der Waals surface area contributed by atoms with E-state index >= 15 is 0 Å². The topological polar surface area (TPSA) is 104 Å². The molecule has 0 fully saturated rings. The van der Waals surface area contributed by atoms with Gasteiger partial charge in [0.15, 0.2) is 4.90 Å². The number of rotatable bonds is 13. The second kappa shape index (κ2) is 20.2. The molecule has 0 aliphatic heterocycles. The van der Waals surface area contributed by atoms with Gasteiger partial charge in [0.05, 0.1) is 26.4 Å². The highest BCUT2D eigenvalue weighted by molar-refractivity contribution is 7.92. The summed E-state index contributed by atoms with van der Waals surface area (Å²) in [6.07, 6.45) is 10.9. The summed E-state index contributed by atoms with van der Waals surface area (Å²) in [6.45, 7) is 18.0. The molecule has 4 rings (SSSR count). The minimum atomic E-state index is -4.55. The van der Waals surface area contributed by atoms with Crippen LogP contribution in [0.1, 0.15) is 70.3 Å². The molecule has 2 N–H and O–H groups in total. The van der Waals surface area contributed by atoms with Gasteiger partial charge in [0.1, 0.15) is 23.3 Å². The highest BCUT2D eigenvalue weighted by atomic mass is 32.2. The Morgan fingerprint density at radius 2 is 1.61 bits per heavy atom. The zero-order valence-electron chi connectivity index (χ0n) is 31.8. The van der Waals surface area contributed by atoms with E-state index in [1.807, 2.05) is 60.6 Å². The van der Waals surface area contributed by atoms with E-state index in [0.29, 0.717) is 0 Å². The summed E-state index contributed by atoms with van der Waals surface area (Å²) in [5.74, 6) is -2.51. The van der Waals surface area contributed by atoms with Crippen LogP contribution in [0.2, 0.25) is 0 Å². The number of aromatic nitrogens is 1. The molecular formula is C40H48F3N5O3S3. The second-order valence-electron chi connectivity index (χ2n) is 12.9. The number of amidine groups is 1. The van der Waals surface area contributed by atoms with Gasteiger partial charge in [0, 0.05) is 53.1 Å². The van der Waals surface area contributed by atoms with Crippen molar-refractivity contribution in [1.29, 1.82) is 0 Å². The maximum absolute atomic E-state index is 13.7. The summed E-state index contributed by atoms with van der Waals surface area (Å²) in [7, 11) is -5.72. The highest BCUT2D eigenvalue weighted by Gasteiger charge is 2.25. The Morgan fingerprint density at radius 3 is 2.19 bits per heavy atom. The first-order chi connectivity index (χ1) is 25.5. The fraction of sp³-hybridized carbons (Fsp3) is 0.300. The van der Waals surface area contributed by atoms with Gasteiger partial charge in [-0.3, -0.25) is 4.72 Å². The number of nitrogens with zero attached hydrogens (tertiary/aromatic N) is 3. The molecule has 0 bridgehead atoms. The Labute approximate surface area is 324 Å². The van der Waals surface area contributed by atoms with Crippen molar-refractivity contribution < 1.29 is 25.8 Å². The fourth-order valence-electron chi connectivity index (χ4n) is 4.68. The van der Waals surface area contributed by atoms with E-state index in [2.05, 4.69) is 67.8 Å². The van der Waals surface area contributed by atoms with Crippen LogP contribution in [0, 0.1) is 24.4 Å². The Balaban J connectivity index is 0.000000331. The Kier molecular flexibility index (Phi) is 16.4. The van der Waals surface area contributed by atoms with Gasteiger partial charge < -0.3 is 10.2 Å². The van der Waals surface area contributed by atoms with Crippen LogP contribution in [0.3, 0.4) is 0 Å². The van der Waals surface area contributed by atoms with Crippen LogP contribution in [0.5, 0.6) is 0 Å². The number of aliphatic imine (C=N–C) groups is 1. The molecule has 1 unspecified atom stereocenters. The highest BCUT2D eigenvalue weighted by Crippen LogP contribution is 2.31. The van der Waals surface area contributed by atoms with Crippen molar-refractivity contribution in [3.63, 3.8) is 0 Å². The molecule has 1 heterocycles. The SMILES string of the molecule is CC/C=C(/C=C\N=C(C)Nc1ccc(S(=O)/C=C/N(CC)CC)cc1)c1cnc(C(C)(C)C)s1.Cc1cccc(NS(=O)(=O)c2c(F)cccc2F)c1F. The Bertz CT molecular complexity index is 2100. The van der Waals surface area contributed by atoms with Gasteiger partial charge in [-0.25, -0.2) is 35.8 Å². The molecule has 0 radical (unpaired) electrons. The van der Waals surface area contributed by atoms with Gasteiger partial charge in [-0.15, -0.1) is 11.3 Å². The predicted octanol–water partition coefficient (Wildman–Crippen LogP) is 10.4. The molecule has 3 aromatic carbocycles. The lowest BCUT2D eigenvalue weighted by atomic mass is 9.98. The number of thiazole rings is 1. The first-order valence-electron chi connectivity index (χ1n) is 17.3. The molecule has 0 spiro atoms. The monoisotopic (exact) mass is 799 g/mol. The molecule has 8 nitrogen and oxygen atoms in total. The fourth-order valence-corrected chi connectivity index (χ4v) is 7.72. The maximum atomic E-state index is 13.7. The van der Waals surface area contributed by atoms with Crippen LogP contribution in [0.15, 0.2) is 112 Å². The summed E-state index contributed by atoms with van der Waals surface area (Å²) in [6, 6.07) is 14.3. The van der Waals surface area contributed by atoms with Gasteiger partial charge in [-0.2, -0.15) is 0 Å². The zero-order chi connectivity index (χ0) is 40.1. The number of nitrogens with one attached hydrogen (secondary N) is 2. The molecule has 290 valence electrons. The van der Waals surface area contributed by atoms with Crippen LogP contribution < -0.4 is 10.0 Å². The lowest BCUT2D eigenvalue weighted by Crippen LogP contribution is -2.17. The van der Waals surface area contributed by atoms with Crippen molar-refractivity contribution in [3.8, 4) is 0 Å². The maximum Gasteiger partial charge on any atom is 0.267 e. The average molecular weight is 800 g/mol. The van der Waals surface area contributed by atoms with E-state index in [4.69, 9.17) is 0 Å². The normalized spacial score (nSPS) is 13.2. The summed E-state index contributed by atoms with van der Waals surface area (Å²) < 4.78 is 78.9. The van der Waals surface area contributed by atoms with Crippen molar-refractivity contribution in [1.82, 2.24) is 9.88 Å². The molecule has 54 heavy (non-hydrogen) atoms. The van der Waals surface area contributed by atoms with E-state index in [0.717, 1.165) is 69.6 Å². The van der Waals surface area contributed by atoms with Crippen LogP contribution in [0.4, 0.5) is 24.5 Å². The Hall–Kier alpha value is -4.53. The second-order valence-corrected chi connectivity index (χ2v) is 16.9. The number of aryl methyl sites for hydroxylation is 1. The molecular weight excluding hydrogens is 752 g/mol. The third-order valence-electron chi connectivity index (χ3n) is 7.62. The summed E-state index contributed by atoms with van der Waals surface area (Å²) >= 11 is 1.73. The van der Waals surface area contributed by atoms with Gasteiger partial charge in [-0.05, 0) is 93.8 Å². The molecule has 0 amide bonds. The minimum absolute atomic E-state index is 0.0480. The lowest BCUT2D eigenvalue weighted by molar-refractivity contribution is 0.419. The lowest BCUT2D eigenvalue weighted by Gasteiger charge is -2.14. The first kappa shape index (κ1) is 43.9. The van der Waals surface area contributed by atoms with Crippen molar-refractivity contribution in [2.75, 3.05) is 23.1 Å². The van der Waals surface area contributed by atoms with Gasteiger partial charge in [0.2, 0.25) is 0 Å². The molecule has 0 saturated carbocycles. The smallest absolute Gasteiger partial charge is 0.267 e. The van der Waals surface area contributed by atoms with E-state index in [1.54, 1.807) is 16.7 Å². The van der Waals surface area contributed by atoms with Crippen LogP contribution in [-0.2, 0) is 26.2 Å². The molecule has 4 aromatic rings. The van der Waals surface area contributed by atoms with Crippen LogP contribution in [-0.4, -0.2) is 41.4 Å². The summed E-state index contributed by atoms with van der Waals surface area (Å²) in [5, 5.41) is 6.16. The number of hydrogen-bond acceptors (Lipinski definition) is 7. The number of sulfonamides is 1. The van der Waals surface area contributed by atoms with Crippen molar-refractivity contribution in [3.05, 3.63) is 130 Å². The number of allylic oxidation sites excluding steroid dienone is 3. The predicted molar refractivity (Wildman–Crippen MR) is 218 cm³/mol. The number of halogens is 3. The van der Waals surface area contributed by atoms with Gasteiger partial charge in [-0.1, -0.05) is 52.0 Å². The molecule has 0 aliphatic rings. The third kappa shape index (κ3) is 12.8.